The SMILES string of the molecule is COC(=O)C(O)(c1cc(Cl)c(OC)c(Cl)c1)C1OC(=O)C(c2ccc(OC)cc2)=C1O. The summed E-state index contributed by atoms with van der Waals surface area (Å²) in [5, 5.41) is 22.2. The van der Waals surface area contributed by atoms with Gasteiger partial charge in [-0.25, -0.2) is 9.59 Å². The van der Waals surface area contributed by atoms with Crippen LogP contribution in [-0.2, 0) is 24.7 Å². The van der Waals surface area contributed by atoms with Crippen molar-refractivity contribution in [2.45, 2.75) is 11.7 Å². The number of ether oxygens (including phenoxy) is 4. The first-order valence-electron chi connectivity index (χ1n) is 8.81. The largest absolute Gasteiger partial charge is 0.507 e. The van der Waals surface area contributed by atoms with Crippen LogP contribution in [0.15, 0.2) is 42.2 Å². The van der Waals surface area contributed by atoms with Crippen LogP contribution < -0.4 is 9.47 Å². The van der Waals surface area contributed by atoms with Crippen molar-refractivity contribution < 1.29 is 38.7 Å². The molecule has 0 radical (unpaired) electrons. The molecule has 2 unspecified atom stereocenters. The zero-order chi connectivity index (χ0) is 22.9. The lowest BCUT2D eigenvalue weighted by molar-refractivity contribution is -0.182. The van der Waals surface area contributed by atoms with E-state index in [9.17, 15) is 19.8 Å². The molecule has 8 nitrogen and oxygen atoms in total. The lowest BCUT2D eigenvalue weighted by Crippen LogP contribution is -2.48. The first-order chi connectivity index (χ1) is 14.7. The maximum Gasteiger partial charge on any atom is 0.347 e. The molecule has 2 atom stereocenters. The Kier molecular flexibility index (Phi) is 6.35. The van der Waals surface area contributed by atoms with E-state index < -0.39 is 29.4 Å². The van der Waals surface area contributed by atoms with Gasteiger partial charge in [0.05, 0.1) is 31.4 Å². The Morgan fingerprint density at radius 1 is 1.06 bits per heavy atom. The van der Waals surface area contributed by atoms with Crippen molar-refractivity contribution >= 4 is 40.7 Å². The number of carbonyl (C=O) groups is 2. The van der Waals surface area contributed by atoms with Gasteiger partial charge >= 0.3 is 11.9 Å². The van der Waals surface area contributed by atoms with Crippen LogP contribution in [-0.4, -0.2) is 49.6 Å². The molecule has 0 aliphatic carbocycles. The number of rotatable bonds is 6. The summed E-state index contributed by atoms with van der Waals surface area (Å²) in [4.78, 5) is 25.2. The Balaban J connectivity index is 2.16. The van der Waals surface area contributed by atoms with Gasteiger partial charge in [-0.2, -0.15) is 0 Å². The van der Waals surface area contributed by atoms with Gasteiger partial charge in [0.1, 0.15) is 11.3 Å². The predicted molar refractivity (Wildman–Crippen MR) is 111 cm³/mol. The average Bonchev–Trinajstić information content (AvgIpc) is 3.06. The highest BCUT2D eigenvalue weighted by atomic mass is 35.5. The molecule has 10 heteroatoms. The number of hydrogen-bond acceptors (Lipinski definition) is 8. The van der Waals surface area contributed by atoms with Gasteiger partial charge in [0, 0.05) is 5.56 Å². The van der Waals surface area contributed by atoms with Crippen LogP contribution in [0.3, 0.4) is 0 Å². The summed E-state index contributed by atoms with van der Waals surface area (Å²) < 4.78 is 20.1. The zero-order valence-electron chi connectivity index (χ0n) is 16.6. The van der Waals surface area contributed by atoms with E-state index in [1.807, 2.05) is 0 Å². The molecule has 0 aromatic heterocycles. The minimum absolute atomic E-state index is 0.0181. The molecule has 0 amide bonds. The van der Waals surface area contributed by atoms with Crippen molar-refractivity contribution in [1.82, 2.24) is 0 Å². The molecule has 164 valence electrons. The number of cyclic esters (lactones) is 1. The van der Waals surface area contributed by atoms with Crippen LogP contribution in [0.2, 0.25) is 10.0 Å². The number of methoxy groups -OCH3 is 3. The first kappa shape index (κ1) is 22.7. The molecule has 31 heavy (non-hydrogen) atoms. The summed E-state index contributed by atoms with van der Waals surface area (Å²) in [5.74, 6) is -2.17. The molecule has 0 saturated heterocycles. The normalized spacial score (nSPS) is 17.7. The molecular formula is C21H18Cl2O8. The summed E-state index contributed by atoms with van der Waals surface area (Å²) in [5.41, 5.74) is -2.75. The van der Waals surface area contributed by atoms with Gasteiger partial charge in [-0.1, -0.05) is 35.3 Å². The number of aliphatic hydroxyl groups excluding tert-OH is 1. The maximum atomic E-state index is 12.6. The van der Waals surface area contributed by atoms with Crippen molar-refractivity contribution in [3.63, 3.8) is 0 Å². The van der Waals surface area contributed by atoms with E-state index in [0.29, 0.717) is 11.3 Å². The van der Waals surface area contributed by atoms with Crippen LogP contribution >= 0.6 is 23.2 Å². The van der Waals surface area contributed by atoms with E-state index >= 15 is 0 Å². The predicted octanol–water partition coefficient (Wildman–Crippen LogP) is 3.27. The molecule has 1 heterocycles. The van der Waals surface area contributed by atoms with E-state index in [1.54, 1.807) is 12.1 Å². The molecule has 2 N–H and O–H groups in total. The molecule has 1 aliphatic heterocycles. The highest BCUT2D eigenvalue weighted by Crippen LogP contribution is 2.43. The Hall–Kier alpha value is -2.94. The summed E-state index contributed by atoms with van der Waals surface area (Å²) in [7, 11) is 3.85. The lowest BCUT2D eigenvalue weighted by atomic mass is 9.86. The quantitative estimate of drug-likeness (QED) is 0.621. The monoisotopic (exact) mass is 468 g/mol. The van der Waals surface area contributed by atoms with Crippen molar-refractivity contribution in [2.24, 2.45) is 0 Å². The highest BCUT2D eigenvalue weighted by molar-refractivity contribution is 6.37. The molecular weight excluding hydrogens is 451 g/mol. The van der Waals surface area contributed by atoms with Crippen molar-refractivity contribution in [3.8, 4) is 11.5 Å². The fraction of sp³-hybridized carbons (Fsp3) is 0.238. The number of benzene rings is 2. The number of esters is 2. The Morgan fingerprint density at radius 3 is 2.13 bits per heavy atom. The third-order valence-corrected chi connectivity index (χ3v) is 5.39. The Bertz CT molecular complexity index is 1040. The fourth-order valence-electron chi connectivity index (χ4n) is 3.27. The molecule has 0 bridgehead atoms. The first-order valence-corrected chi connectivity index (χ1v) is 9.57. The fourth-order valence-corrected chi connectivity index (χ4v) is 3.91. The van der Waals surface area contributed by atoms with Crippen molar-refractivity contribution in [3.05, 3.63) is 63.3 Å². The maximum absolute atomic E-state index is 12.6. The number of hydrogen-bond donors (Lipinski definition) is 2. The van der Waals surface area contributed by atoms with Gasteiger partial charge in [-0.3, -0.25) is 0 Å². The van der Waals surface area contributed by atoms with Gasteiger partial charge in [0.25, 0.3) is 0 Å². The second-order valence-corrected chi connectivity index (χ2v) is 7.32. The minimum Gasteiger partial charge on any atom is -0.507 e. The molecule has 3 rings (SSSR count). The molecule has 2 aromatic rings. The third-order valence-electron chi connectivity index (χ3n) is 4.83. The zero-order valence-corrected chi connectivity index (χ0v) is 18.2. The summed E-state index contributed by atoms with van der Waals surface area (Å²) in [6, 6.07) is 8.60. The van der Waals surface area contributed by atoms with Crippen LogP contribution in [0.5, 0.6) is 11.5 Å². The molecule has 2 aromatic carbocycles. The van der Waals surface area contributed by atoms with E-state index in [-0.39, 0.29) is 26.9 Å². The van der Waals surface area contributed by atoms with Gasteiger partial charge in [0.15, 0.2) is 11.5 Å². The van der Waals surface area contributed by atoms with Crippen LogP contribution in [0, 0.1) is 0 Å². The van der Waals surface area contributed by atoms with E-state index in [1.165, 1.54) is 38.5 Å². The molecule has 0 spiro atoms. The van der Waals surface area contributed by atoms with Gasteiger partial charge < -0.3 is 29.2 Å². The third kappa shape index (κ3) is 3.78. The number of carbonyl (C=O) groups excluding carboxylic acids is 2. The van der Waals surface area contributed by atoms with E-state index in [0.717, 1.165) is 7.11 Å². The summed E-state index contributed by atoms with van der Waals surface area (Å²) >= 11 is 12.3. The number of aliphatic hydroxyl groups is 2. The van der Waals surface area contributed by atoms with E-state index in [2.05, 4.69) is 0 Å². The van der Waals surface area contributed by atoms with Crippen LogP contribution in [0.4, 0.5) is 0 Å². The molecule has 1 aliphatic rings. The van der Waals surface area contributed by atoms with Gasteiger partial charge in [0.2, 0.25) is 11.7 Å². The second kappa shape index (κ2) is 8.66. The van der Waals surface area contributed by atoms with E-state index in [4.69, 9.17) is 42.1 Å². The smallest absolute Gasteiger partial charge is 0.347 e. The highest BCUT2D eigenvalue weighted by Gasteiger charge is 2.56. The molecule has 0 fully saturated rings. The Morgan fingerprint density at radius 2 is 1.65 bits per heavy atom. The summed E-state index contributed by atoms with van der Waals surface area (Å²) in [6.07, 6.45) is -1.81. The van der Waals surface area contributed by atoms with Gasteiger partial charge in [-0.05, 0) is 29.8 Å². The van der Waals surface area contributed by atoms with Crippen LogP contribution in [0.25, 0.3) is 5.57 Å². The minimum atomic E-state index is -2.65. The lowest BCUT2D eigenvalue weighted by Gasteiger charge is -2.30. The van der Waals surface area contributed by atoms with Crippen molar-refractivity contribution in [2.75, 3.05) is 21.3 Å². The Labute approximate surface area is 187 Å². The topological polar surface area (TPSA) is 112 Å². The molecule has 0 saturated carbocycles. The van der Waals surface area contributed by atoms with Crippen LogP contribution in [0.1, 0.15) is 11.1 Å². The van der Waals surface area contributed by atoms with Gasteiger partial charge in [-0.15, -0.1) is 0 Å². The second-order valence-electron chi connectivity index (χ2n) is 6.51. The average molecular weight is 469 g/mol. The van der Waals surface area contributed by atoms with Crippen molar-refractivity contribution in [1.29, 1.82) is 0 Å². The standard InChI is InChI=1S/C21H18Cl2O8/c1-28-12-6-4-10(5-7-12)15-16(24)18(31-19(15)25)21(27,20(26)30-3)11-8-13(22)17(29-2)14(23)9-11/h4-9,18,24,27H,1-3H3. The number of halogens is 2. The summed E-state index contributed by atoms with van der Waals surface area (Å²) in [6.45, 7) is 0.